The number of thioether (sulfide) groups is 1. The number of rotatable bonds is 6. The van der Waals surface area contributed by atoms with Crippen molar-refractivity contribution < 1.29 is 18.9 Å². The number of hydrogen-bond acceptors (Lipinski definition) is 8. The maximum Gasteiger partial charge on any atom is 0.164 e. The summed E-state index contributed by atoms with van der Waals surface area (Å²) in [6, 6.07) is 9.36. The summed E-state index contributed by atoms with van der Waals surface area (Å²) in [5.74, 6) is 1.83. The zero-order valence-electron chi connectivity index (χ0n) is 17.4. The van der Waals surface area contributed by atoms with Gasteiger partial charge in [-0.1, -0.05) is 11.6 Å². The largest absolute Gasteiger partial charge is 0.493 e. The molecule has 10 heteroatoms. The van der Waals surface area contributed by atoms with Crippen LogP contribution in [0.3, 0.4) is 0 Å². The van der Waals surface area contributed by atoms with Crippen molar-refractivity contribution in [1.29, 1.82) is 0 Å². The summed E-state index contributed by atoms with van der Waals surface area (Å²) in [5.41, 5.74) is 1.54. The van der Waals surface area contributed by atoms with E-state index in [0.29, 0.717) is 40.8 Å². The molecule has 3 heterocycles. The maximum atomic E-state index is 6.31. The van der Waals surface area contributed by atoms with Crippen LogP contribution in [0.1, 0.15) is 0 Å². The second-order valence-electron chi connectivity index (χ2n) is 7.52. The molecule has 3 aromatic rings. The van der Waals surface area contributed by atoms with Crippen molar-refractivity contribution in [3.63, 3.8) is 0 Å². The zero-order chi connectivity index (χ0) is 22.2. The summed E-state index contributed by atoms with van der Waals surface area (Å²) in [6.45, 7) is 1.15. The highest BCUT2D eigenvalue weighted by molar-refractivity contribution is 9.10. The maximum absolute atomic E-state index is 6.31. The van der Waals surface area contributed by atoms with Crippen molar-refractivity contribution >= 4 is 61.7 Å². The van der Waals surface area contributed by atoms with E-state index < -0.39 is 0 Å². The molecule has 1 N–H and O–H groups in total. The number of nitrogens with one attached hydrogen (secondary N) is 1. The number of anilines is 2. The first kappa shape index (κ1) is 22.0. The van der Waals surface area contributed by atoms with Gasteiger partial charge in [-0.3, -0.25) is 0 Å². The van der Waals surface area contributed by atoms with Gasteiger partial charge in [0.05, 0.1) is 36.1 Å². The van der Waals surface area contributed by atoms with Crippen LogP contribution in [-0.4, -0.2) is 60.1 Å². The highest BCUT2D eigenvalue weighted by Crippen LogP contribution is 2.39. The van der Waals surface area contributed by atoms with Gasteiger partial charge in [-0.05, 0) is 46.5 Å². The first-order chi connectivity index (χ1) is 15.6. The van der Waals surface area contributed by atoms with Crippen LogP contribution in [0.5, 0.6) is 11.5 Å². The highest BCUT2D eigenvalue weighted by Gasteiger charge is 2.48. The fourth-order valence-electron chi connectivity index (χ4n) is 4.02. The lowest BCUT2D eigenvalue weighted by Gasteiger charge is -2.20. The van der Waals surface area contributed by atoms with E-state index in [1.807, 2.05) is 30.3 Å². The van der Waals surface area contributed by atoms with E-state index in [-0.39, 0.29) is 18.3 Å². The average Bonchev–Trinajstić information content (AvgIpc) is 3.39. The molecule has 2 aromatic carbocycles. The molecule has 32 heavy (non-hydrogen) atoms. The number of fused-ring (bicyclic) bond motifs is 2. The molecule has 2 aliphatic rings. The van der Waals surface area contributed by atoms with Gasteiger partial charge in [0.1, 0.15) is 24.4 Å². The van der Waals surface area contributed by atoms with Crippen molar-refractivity contribution in [2.75, 3.05) is 31.9 Å². The molecule has 5 rings (SSSR count). The van der Waals surface area contributed by atoms with Gasteiger partial charge in [0.15, 0.2) is 17.6 Å². The van der Waals surface area contributed by atoms with Crippen molar-refractivity contribution in [3.8, 4) is 11.5 Å². The average molecular weight is 539 g/mol. The summed E-state index contributed by atoms with van der Waals surface area (Å²) in [4.78, 5) is 8.84. The van der Waals surface area contributed by atoms with Crippen LogP contribution in [-0.2, 0) is 9.47 Å². The molecule has 168 valence electrons. The monoisotopic (exact) mass is 537 g/mol. The number of ether oxygens (including phenoxy) is 4. The van der Waals surface area contributed by atoms with Crippen molar-refractivity contribution in [1.82, 2.24) is 9.97 Å². The summed E-state index contributed by atoms with van der Waals surface area (Å²) in [6.07, 6.45) is 3.36. The molecule has 0 amide bonds. The first-order valence-electron chi connectivity index (χ1n) is 10.0. The van der Waals surface area contributed by atoms with Gasteiger partial charge in [-0.2, -0.15) is 11.8 Å². The number of nitrogens with zero attached hydrogens (tertiary/aromatic N) is 2. The minimum Gasteiger partial charge on any atom is -0.493 e. The Balaban J connectivity index is 1.43. The Bertz CT molecular complexity index is 1150. The van der Waals surface area contributed by atoms with Crippen LogP contribution in [0, 0.1) is 0 Å². The molecule has 0 spiro atoms. The molecule has 2 fully saturated rings. The zero-order valence-corrected chi connectivity index (χ0v) is 20.5. The molecule has 0 aliphatic carbocycles. The predicted molar refractivity (Wildman–Crippen MR) is 130 cm³/mol. The molecule has 2 saturated heterocycles. The molecule has 0 saturated carbocycles. The van der Waals surface area contributed by atoms with Gasteiger partial charge >= 0.3 is 0 Å². The number of hydrogen-bond donors (Lipinski definition) is 1. The smallest absolute Gasteiger partial charge is 0.164 e. The Morgan fingerprint density at radius 3 is 2.75 bits per heavy atom. The summed E-state index contributed by atoms with van der Waals surface area (Å²) in [7, 11) is 1.61. The lowest BCUT2D eigenvalue weighted by atomic mass is 10.1. The molecular weight excluding hydrogens is 518 g/mol. The van der Waals surface area contributed by atoms with Gasteiger partial charge in [-0.15, -0.1) is 0 Å². The number of halogens is 2. The SMILES string of the molecule is COc1cc2c(Nc3ccc(Br)c(Cl)c3)ncnc2cc1O[C@@H]1CO[C@H]2C(SC)CO[C@@H]12. The Hall–Kier alpha value is -1.78. The fraction of sp³-hybridized carbons (Fsp3) is 0.364. The Labute approximate surface area is 203 Å². The molecule has 0 bridgehead atoms. The second-order valence-corrected chi connectivity index (χ2v) is 9.86. The minimum absolute atomic E-state index is 0.0531. The second kappa shape index (κ2) is 9.23. The van der Waals surface area contributed by atoms with Crippen molar-refractivity contribution in [2.24, 2.45) is 0 Å². The molecule has 0 radical (unpaired) electrons. The van der Waals surface area contributed by atoms with Crippen LogP contribution in [0.25, 0.3) is 10.9 Å². The number of aromatic nitrogens is 2. The van der Waals surface area contributed by atoms with E-state index in [2.05, 4.69) is 37.5 Å². The van der Waals surface area contributed by atoms with E-state index in [0.717, 1.165) is 21.1 Å². The third-order valence-electron chi connectivity index (χ3n) is 5.65. The quantitative estimate of drug-likeness (QED) is 0.466. The summed E-state index contributed by atoms with van der Waals surface area (Å²) < 4.78 is 24.7. The van der Waals surface area contributed by atoms with Crippen molar-refractivity contribution in [3.05, 3.63) is 46.2 Å². The van der Waals surface area contributed by atoms with Crippen LogP contribution in [0.2, 0.25) is 5.02 Å². The van der Waals surface area contributed by atoms with Crippen LogP contribution < -0.4 is 14.8 Å². The first-order valence-corrected chi connectivity index (χ1v) is 12.5. The van der Waals surface area contributed by atoms with Gasteiger partial charge in [-0.25, -0.2) is 9.97 Å². The van der Waals surface area contributed by atoms with E-state index >= 15 is 0 Å². The normalized spacial score (nSPS) is 24.5. The highest BCUT2D eigenvalue weighted by atomic mass is 79.9. The van der Waals surface area contributed by atoms with Gasteiger partial charge in [0.2, 0.25) is 0 Å². The van der Waals surface area contributed by atoms with Gasteiger partial charge in [0.25, 0.3) is 0 Å². The van der Waals surface area contributed by atoms with E-state index in [1.54, 1.807) is 18.9 Å². The van der Waals surface area contributed by atoms with E-state index in [9.17, 15) is 0 Å². The summed E-state index contributed by atoms with van der Waals surface area (Å²) >= 11 is 11.4. The van der Waals surface area contributed by atoms with Crippen LogP contribution in [0.15, 0.2) is 41.1 Å². The molecule has 1 aromatic heterocycles. The minimum atomic E-state index is -0.201. The Morgan fingerprint density at radius 1 is 1.12 bits per heavy atom. The molecule has 4 atom stereocenters. The van der Waals surface area contributed by atoms with Crippen LogP contribution in [0.4, 0.5) is 11.5 Å². The van der Waals surface area contributed by atoms with Gasteiger partial charge < -0.3 is 24.3 Å². The molecule has 2 aliphatic heterocycles. The molecule has 7 nitrogen and oxygen atoms in total. The fourth-order valence-corrected chi connectivity index (χ4v) is 5.16. The Kier molecular flexibility index (Phi) is 6.35. The molecule has 1 unspecified atom stereocenters. The third kappa shape index (κ3) is 4.12. The van der Waals surface area contributed by atoms with E-state index in [4.69, 9.17) is 30.5 Å². The predicted octanol–water partition coefficient (Wildman–Crippen LogP) is 5.07. The summed E-state index contributed by atoms with van der Waals surface area (Å²) in [5, 5.41) is 5.05. The standard InChI is InChI=1S/C22H21BrClN3O4S/c1-28-16-6-12-15(25-10-26-22(12)27-11-3-4-13(23)14(24)5-11)7-17(16)31-18-8-29-21-19(32-2)9-30-20(18)21/h3-7,10,18-21H,8-9H2,1-2H3,(H,25,26,27)/t18-,19?,20+,21+/m1/s1. The van der Waals surface area contributed by atoms with Crippen molar-refractivity contribution in [2.45, 2.75) is 23.6 Å². The topological polar surface area (TPSA) is 74.7 Å². The van der Waals surface area contributed by atoms with Gasteiger partial charge in [0, 0.05) is 21.6 Å². The lowest BCUT2D eigenvalue weighted by Crippen LogP contribution is -2.34. The number of benzene rings is 2. The third-order valence-corrected chi connectivity index (χ3v) is 7.89. The number of methoxy groups -OCH3 is 1. The van der Waals surface area contributed by atoms with E-state index in [1.165, 1.54) is 6.33 Å². The lowest BCUT2D eigenvalue weighted by molar-refractivity contribution is 0.0299. The Morgan fingerprint density at radius 2 is 1.97 bits per heavy atom. The van der Waals surface area contributed by atoms with Crippen LogP contribution >= 0.6 is 39.3 Å². The molecular formula is C22H21BrClN3O4S.